The van der Waals surface area contributed by atoms with E-state index in [1.165, 1.54) is 6.07 Å². The third kappa shape index (κ3) is 2.57. The molecule has 0 fully saturated rings. The van der Waals surface area contributed by atoms with Crippen LogP contribution in [-0.4, -0.2) is 10.5 Å². The zero-order valence-corrected chi connectivity index (χ0v) is 12.7. The predicted octanol–water partition coefficient (Wildman–Crippen LogP) is 3.90. The first kappa shape index (κ1) is 14.6. The van der Waals surface area contributed by atoms with Crippen molar-refractivity contribution in [3.63, 3.8) is 0 Å². The SMILES string of the molecule is Cn1c(C(=O)NCc2ccccc2F)cc2c(Cl)cccc21. The molecule has 5 heteroatoms. The molecule has 22 heavy (non-hydrogen) atoms. The average molecular weight is 317 g/mol. The standard InChI is InChI=1S/C17H14ClFN2O/c1-21-15-8-4-6-13(18)12(15)9-16(21)17(22)20-10-11-5-2-3-7-14(11)19/h2-9H,10H2,1H3,(H,20,22). The van der Waals surface area contributed by atoms with Crippen molar-refractivity contribution in [1.82, 2.24) is 9.88 Å². The normalized spacial score (nSPS) is 10.9. The molecule has 0 atom stereocenters. The van der Waals surface area contributed by atoms with Crippen LogP contribution in [0.25, 0.3) is 10.9 Å². The van der Waals surface area contributed by atoms with Crippen molar-refractivity contribution >= 4 is 28.4 Å². The fourth-order valence-corrected chi connectivity index (χ4v) is 2.67. The number of carbonyl (C=O) groups excluding carboxylic acids is 1. The molecule has 0 saturated carbocycles. The number of fused-ring (bicyclic) bond motifs is 1. The summed E-state index contributed by atoms with van der Waals surface area (Å²) in [7, 11) is 1.80. The minimum absolute atomic E-state index is 0.140. The zero-order chi connectivity index (χ0) is 15.7. The van der Waals surface area contributed by atoms with Crippen molar-refractivity contribution in [1.29, 1.82) is 0 Å². The highest BCUT2D eigenvalue weighted by molar-refractivity contribution is 6.35. The first-order chi connectivity index (χ1) is 10.6. The molecular formula is C17H14ClFN2O. The Kier molecular flexibility index (Phi) is 3.86. The molecule has 3 rings (SSSR count). The van der Waals surface area contributed by atoms with Crippen LogP contribution in [0.1, 0.15) is 16.1 Å². The first-order valence-electron chi connectivity index (χ1n) is 6.83. The van der Waals surface area contributed by atoms with Gasteiger partial charge in [0.25, 0.3) is 5.91 Å². The van der Waals surface area contributed by atoms with Gasteiger partial charge in [-0.1, -0.05) is 35.9 Å². The van der Waals surface area contributed by atoms with Gasteiger partial charge in [0, 0.05) is 35.1 Å². The molecule has 3 aromatic rings. The van der Waals surface area contributed by atoms with Gasteiger partial charge in [0.05, 0.1) is 0 Å². The van der Waals surface area contributed by atoms with E-state index in [0.29, 0.717) is 16.3 Å². The Morgan fingerprint density at radius 3 is 2.73 bits per heavy atom. The Labute approximate surface area is 132 Å². The van der Waals surface area contributed by atoms with Crippen molar-refractivity contribution in [3.05, 3.63) is 70.6 Å². The topological polar surface area (TPSA) is 34.0 Å². The Morgan fingerprint density at radius 1 is 1.23 bits per heavy atom. The molecule has 0 unspecified atom stereocenters. The maximum absolute atomic E-state index is 13.6. The lowest BCUT2D eigenvalue weighted by molar-refractivity contribution is 0.0943. The maximum atomic E-state index is 13.6. The van der Waals surface area contributed by atoms with Crippen LogP contribution in [0, 0.1) is 5.82 Å². The second-order valence-corrected chi connectivity index (χ2v) is 5.44. The summed E-state index contributed by atoms with van der Waals surface area (Å²) in [5, 5.41) is 4.15. The number of nitrogens with zero attached hydrogens (tertiary/aromatic N) is 1. The molecule has 1 N–H and O–H groups in total. The number of aryl methyl sites for hydroxylation is 1. The molecule has 1 amide bonds. The molecule has 0 radical (unpaired) electrons. The summed E-state index contributed by atoms with van der Waals surface area (Å²) in [4.78, 5) is 12.3. The largest absolute Gasteiger partial charge is 0.347 e. The van der Waals surface area contributed by atoms with Crippen LogP contribution < -0.4 is 5.32 Å². The lowest BCUT2D eigenvalue weighted by atomic mass is 10.2. The van der Waals surface area contributed by atoms with E-state index in [1.807, 2.05) is 12.1 Å². The number of aromatic nitrogens is 1. The van der Waals surface area contributed by atoms with Gasteiger partial charge < -0.3 is 9.88 Å². The van der Waals surface area contributed by atoms with Crippen LogP contribution in [0.3, 0.4) is 0 Å². The van der Waals surface area contributed by atoms with E-state index in [-0.39, 0.29) is 18.3 Å². The van der Waals surface area contributed by atoms with Crippen LogP contribution in [0.2, 0.25) is 5.02 Å². The van der Waals surface area contributed by atoms with Crippen molar-refractivity contribution in [2.24, 2.45) is 7.05 Å². The van der Waals surface area contributed by atoms with Gasteiger partial charge >= 0.3 is 0 Å². The number of hydrogen-bond donors (Lipinski definition) is 1. The smallest absolute Gasteiger partial charge is 0.268 e. The van der Waals surface area contributed by atoms with Gasteiger partial charge in [-0.3, -0.25) is 4.79 Å². The number of halogens is 2. The molecule has 0 aliphatic heterocycles. The minimum Gasteiger partial charge on any atom is -0.347 e. The fourth-order valence-electron chi connectivity index (χ4n) is 2.45. The third-order valence-corrected chi connectivity index (χ3v) is 3.99. The molecule has 0 bridgehead atoms. The summed E-state index contributed by atoms with van der Waals surface area (Å²) in [5.74, 6) is -0.596. The quantitative estimate of drug-likeness (QED) is 0.781. The van der Waals surface area contributed by atoms with E-state index >= 15 is 0 Å². The summed E-state index contributed by atoms with van der Waals surface area (Å²) >= 11 is 6.15. The Bertz CT molecular complexity index is 857. The van der Waals surface area contributed by atoms with E-state index in [4.69, 9.17) is 11.6 Å². The summed E-state index contributed by atoms with van der Waals surface area (Å²) < 4.78 is 15.3. The molecule has 0 aliphatic rings. The average Bonchev–Trinajstić information content (AvgIpc) is 2.85. The Morgan fingerprint density at radius 2 is 2.00 bits per heavy atom. The molecule has 0 aliphatic carbocycles. The van der Waals surface area contributed by atoms with E-state index in [9.17, 15) is 9.18 Å². The molecule has 1 heterocycles. The van der Waals surface area contributed by atoms with Crippen LogP contribution in [0.5, 0.6) is 0 Å². The molecule has 1 aromatic heterocycles. The monoisotopic (exact) mass is 316 g/mol. The van der Waals surface area contributed by atoms with Gasteiger partial charge in [-0.2, -0.15) is 0 Å². The second kappa shape index (κ2) is 5.81. The summed E-state index contributed by atoms with van der Waals surface area (Å²) in [5.41, 5.74) is 1.82. The number of nitrogens with one attached hydrogen (secondary N) is 1. The van der Waals surface area contributed by atoms with Crippen molar-refractivity contribution in [2.75, 3.05) is 0 Å². The number of carbonyl (C=O) groups is 1. The lowest BCUT2D eigenvalue weighted by Crippen LogP contribution is -2.25. The zero-order valence-electron chi connectivity index (χ0n) is 11.9. The van der Waals surface area contributed by atoms with Crippen LogP contribution in [-0.2, 0) is 13.6 Å². The summed E-state index contributed by atoms with van der Waals surface area (Å²) in [6.07, 6.45) is 0. The van der Waals surface area contributed by atoms with Gasteiger partial charge in [0.15, 0.2) is 0 Å². The maximum Gasteiger partial charge on any atom is 0.268 e. The molecule has 3 nitrogen and oxygen atoms in total. The molecule has 0 spiro atoms. The number of hydrogen-bond acceptors (Lipinski definition) is 1. The molecule has 2 aromatic carbocycles. The van der Waals surface area contributed by atoms with E-state index in [1.54, 1.807) is 41.9 Å². The van der Waals surface area contributed by atoms with Crippen LogP contribution in [0.4, 0.5) is 4.39 Å². The van der Waals surface area contributed by atoms with E-state index < -0.39 is 0 Å². The van der Waals surface area contributed by atoms with Gasteiger partial charge in [-0.05, 0) is 24.3 Å². The second-order valence-electron chi connectivity index (χ2n) is 5.04. The molecule has 0 saturated heterocycles. The lowest BCUT2D eigenvalue weighted by Gasteiger charge is -2.07. The van der Waals surface area contributed by atoms with Gasteiger partial charge in [0.2, 0.25) is 0 Å². The van der Waals surface area contributed by atoms with Gasteiger partial charge in [-0.15, -0.1) is 0 Å². The van der Waals surface area contributed by atoms with Gasteiger partial charge in [0.1, 0.15) is 11.5 Å². The number of rotatable bonds is 3. The van der Waals surface area contributed by atoms with Crippen LogP contribution >= 0.6 is 11.6 Å². The number of benzene rings is 2. The summed E-state index contributed by atoms with van der Waals surface area (Å²) in [6, 6.07) is 13.6. The third-order valence-electron chi connectivity index (χ3n) is 3.66. The number of amides is 1. The highest BCUT2D eigenvalue weighted by Gasteiger charge is 2.15. The van der Waals surface area contributed by atoms with Gasteiger partial charge in [-0.25, -0.2) is 4.39 Å². The first-order valence-corrected chi connectivity index (χ1v) is 7.21. The summed E-state index contributed by atoms with van der Waals surface area (Å²) in [6.45, 7) is 0.140. The predicted molar refractivity (Wildman–Crippen MR) is 85.5 cm³/mol. The highest BCUT2D eigenvalue weighted by Crippen LogP contribution is 2.26. The van der Waals surface area contributed by atoms with Crippen molar-refractivity contribution in [2.45, 2.75) is 6.54 Å². The minimum atomic E-state index is -0.331. The van der Waals surface area contributed by atoms with E-state index in [2.05, 4.69) is 5.32 Å². The van der Waals surface area contributed by atoms with E-state index in [0.717, 1.165) is 10.9 Å². The van der Waals surface area contributed by atoms with Crippen molar-refractivity contribution < 1.29 is 9.18 Å². The molecular weight excluding hydrogens is 303 g/mol. The fraction of sp³-hybridized carbons (Fsp3) is 0.118. The highest BCUT2D eigenvalue weighted by atomic mass is 35.5. The van der Waals surface area contributed by atoms with Crippen LogP contribution in [0.15, 0.2) is 48.5 Å². The molecule has 112 valence electrons. The Balaban J connectivity index is 1.85. The van der Waals surface area contributed by atoms with Crippen molar-refractivity contribution in [3.8, 4) is 0 Å². The Hall–Kier alpha value is -2.33.